The molecule has 134 valence electrons. The van der Waals surface area contributed by atoms with E-state index in [2.05, 4.69) is 10.3 Å². The Kier molecular flexibility index (Phi) is 5.07. The van der Waals surface area contributed by atoms with E-state index in [0.717, 1.165) is 10.6 Å². The minimum Gasteiger partial charge on any atom is -0.465 e. The van der Waals surface area contributed by atoms with Gasteiger partial charge in [0.25, 0.3) is 0 Å². The van der Waals surface area contributed by atoms with E-state index in [9.17, 15) is 13.2 Å². The van der Waals surface area contributed by atoms with Crippen LogP contribution in [-0.4, -0.2) is 35.4 Å². The Labute approximate surface area is 150 Å². The molecule has 0 fully saturated rings. The van der Waals surface area contributed by atoms with Crippen LogP contribution in [0.25, 0.3) is 6.08 Å². The number of hydrogen-bond donors (Lipinski definition) is 1. The Hall–Kier alpha value is -1.97. The highest BCUT2D eigenvalue weighted by Gasteiger charge is 2.31. The standard InChI is InChI=1S/C16H19N3O4S2/c1-11(2)25(21,22)19-8-7-13-14(10-19)24-16(17-13)18-15(20)6-5-12-4-3-9-23-12/h3-6,9,11H,7-8,10H2,1-2H3,(H,17,18,20)/b6-5+. The quantitative estimate of drug-likeness (QED) is 0.803. The van der Waals surface area contributed by atoms with Crippen molar-refractivity contribution in [2.24, 2.45) is 0 Å². The van der Waals surface area contributed by atoms with Crippen molar-refractivity contribution in [3.63, 3.8) is 0 Å². The predicted octanol–water partition coefficient (Wildman–Crippen LogP) is 2.48. The Balaban J connectivity index is 1.67. The van der Waals surface area contributed by atoms with Gasteiger partial charge in [0, 0.05) is 30.5 Å². The molecular formula is C16H19N3O4S2. The van der Waals surface area contributed by atoms with Gasteiger partial charge in [-0.3, -0.25) is 10.1 Å². The summed E-state index contributed by atoms with van der Waals surface area (Å²) in [5.74, 6) is 0.275. The van der Waals surface area contributed by atoms with Gasteiger partial charge in [-0.05, 0) is 32.1 Å². The number of anilines is 1. The van der Waals surface area contributed by atoms with E-state index in [1.807, 2.05) is 0 Å². The molecule has 1 amide bonds. The van der Waals surface area contributed by atoms with Crippen molar-refractivity contribution < 1.29 is 17.6 Å². The van der Waals surface area contributed by atoms with E-state index in [-0.39, 0.29) is 5.91 Å². The second-order valence-corrected chi connectivity index (χ2v) is 9.48. The minimum absolute atomic E-state index is 0.311. The summed E-state index contributed by atoms with van der Waals surface area (Å²) in [7, 11) is -3.29. The zero-order valence-corrected chi connectivity index (χ0v) is 15.6. The van der Waals surface area contributed by atoms with Crippen LogP contribution in [0.4, 0.5) is 5.13 Å². The van der Waals surface area contributed by atoms with Gasteiger partial charge < -0.3 is 4.42 Å². The average molecular weight is 381 g/mol. The SMILES string of the molecule is CC(C)S(=O)(=O)N1CCc2nc(NC(=O)/C=C/c3ccco3)sc2C1. The van der Waals surface area contributed by atoms with Crippen LogP contribution in [-0.2, 0) is 27.8 Å². The summed E-state index contributed by atoms with van der Waals surface area (Å²) in [4.78, 5) is 17.2. The second kappa shape index (κ2) is 7.11. The lowest BCUT2D eigenvalue weighted by Gasteiger charge is -2.26. The molecule has 0 saturated carbocycles. The van der Waals surface area contributed by atoms with Crippen molar-refractivity contribution >= 4 is 38.5 Å². The first-order chi connectivity index (χ1) is 11.9. The lowest BCUT2D eigenvalue weighted by atomic mass is 10.2. The van der Waals surface area contributed by atoms with E-state index in [1.54, 1.807) is 32.1 Å². The summed E-state index contributed by atoms with van der Waals surface area (Å²) >= 11 is 1.31. The fraction of sp³-hybridized carbons (Fsp3) is 0.375. The van der Waals surface area contributed by atoms with E-state index in [0.29, 0.717) is 30.4 Å². The Morgan fingerprint density at radius 3 is 2.96 bits per heavy atom. The lowest BCUT2D eigenvalue weighted by molar-refractivity contribution is -0.111. The molecule has 3 rings (SSSR count). The number of sulfonamides is 1. The molecule has 0 radical (unpaired) electrons. The number of nitrogens with one attached hydrogen (secondary N) is 1. The Morgan fingerprint density at radius 1 is 1.48 bits per heavy atom. The van der Waals surface area contributed by atoms with Gasteiger partial charge in [0.2, 0.25) is 15.9 Å². The summed E-state index contributed by atoms with van der Waals surface area (Å²) < 4.78 is 31.2. The fourth-order valence-electron chi connectivity index (χ4n) is 2.43. The molecule has 2 aromatic rings. The Bertz CT molecular complexity index is 883. The summed E-state index contributed by atoms with van der Waals surface area (Å²) in [6.45, 7) is 4.08. The normalized spacial score (nSPS) is 15.6. The van der Waals surface area contributed by atoms with E-state index in [4.69, 9.17) is 4.42 Å². The first kappa shape index (κ1) is 17.8. The number of amides is 1. The van der Waals surface area contributed by atoms with Crippen molar-refractivity contribution in [2.75, 3.05) is 11.9 Å². The van der Waals surface area contributed by atoms with Crippen LogP contribution in [0, 0.1) is 0 Å². The predicted molar refractivity (Wildman–Crippen MR) is 96.7 cm³/mol. The molecule has 0 aromatic carbocycles. The molecule has 0 saturated heterocycles. The Morgan fingerprint density at radius 2 is 2.28 bits per heavy atom. The van der Waals surface area contributed by atoms with Gasteiger partial charge in [-0.2, -0.15) is 4.31 Å². The number of rotatable bonds is 5. The molecule has 25 heavy (non-hydrogen) atoms. The molecule has 1 N–H and O–H groups in total. The van der Waals surface area contributed by atoms with Crippen LogP contribution in [0.15, 0.2) is 28.9 Å². The maximum Gasteiger partial charge on any atom is 0.250 e. The van der Waals surface area contributed by atoms with Crippen LogP contribution in [0.3, 0.4) is 0 Å². The lowest BCUT2D eigenvalue weighted by Crippen LogP contribution is -2.39. The molecular weight excluding hydrogens is 362 g/mol. The highest BCUT2D eigenvalue weighted by atomic mass is 32.2. The first-order valence-electron chi connectivity index (χ1n) is 7.86. The van der Waals surface area contributed by atoms with Crippen LogP contribution in [0.2, 0.25) is 0 Å². The average Bonchev–Trinajstić information content (AvgIpc) is 3.20. The highest BCUT2D eigenvalue weighted by molar-refractivity contribution is 7.89. The molecule has 3 heterocycles. The van der Waals surface area contributed by atoms with Crippen LogP contribution >= 0.6 is 11.3 Å². The molecule has 2 aromatic heterocycles. The van der Waals surface area contributed by atoms with Crippen LogP contribution in [0.5, 0.6) is 0 Å². The molecule has 0 unspecified atom stereocenters. The number of carbonyl (C=O) groups is 1. The monoisotopic (exact) mass is 381 g/mol. The molecule has 1 aliphatic heterocycles. The number of furan rings is 1. The largest absolute Gasteiger partial charge is 0.465 e. The molecule has 9 heteroatoms. The summed E-state index contributed by atoms with van der Waals surface area (Å²) in [5.41, 5.74) is 0.852. The molecule has 1 aliphatic rings. The van der Waals surface area contributed by atoms with Crippen molar-refractivity contribution in [2.45, 2.75) is 32.1 Å². The fourth-order valence-corrected chi connectivity index (χ4v) is 4.79. The summed E-state index contributed by atoms with van der Waals surface area (Å²) in [6, 6.07) is 3.49. The molecule has 0 spiro atoms. The highest BCUT2D eigenvalue weighted by Crippen LogP contribution is 2.30. The van der Waals surface area contributed by atoms with E-state index >= 15 is 0 Å². The zero-order valence-electron chi connectivity index (χ0n) is 13.9. The number of nitrogens with zero attached hydrogens (tertiary/aromatic N) is 2. The third-order valence-corrected chi connectivity index (χ3v) is 7.04. The number of hydrogen-bond acceptors (Lipinski definition) is 6. The van der Waals surface area contributed by atoms with E-state index in [1.165, 1.54) is 28.0 Å². The van der Waals surface area contributed by atoms with Crippen LogP contribution < -0.4 is 5.32 Å². The molecule has 7 nitrogen and oxygen atoms in total. The van der Waals surface area contributed by atoms with E-state index < -0.39 is 15.3 Å². The number of aromatic nitrogens is 1. The summed E-state index contributed by atoms with van der Waals surface area (Å²) in [5, 5.41) is 2.73. The minimum atomic E-state index is -3.29. The third kappa shape index (κ3) is 4.00. The smallest absolute Gasteiger partial charge is 0.250 e. The molecule has 0 atom stereocenters. The van der Waals surface area contributed by atoms with Gasteiger partial charge in [0.05, 0.1) is 17.2 Å². The molecule has 0 bridgehead atoms. The maximum atomic E-state index is 12.3. The molecule has 0 aliphatic carbocycles. The van der Waals surface area contributed by atoms with Gasteiger partial charge >= 0.3 is 0 Å². The van der Waals surface area contributed by atoms with Crippen molar-refractivity contribution in [3.05, 3.63) is 40.8 Å². The third-order valence-electron chi connectivity index (χ3n) is 3.82. The number of fused-ring (bicyclic) bond motifs is 1. The van der Waals surface area contributed by atoms with Crippen LogP contribution in [0.1, 0.15) is 30.2 Å². The van der Waals surface area contributed by atoms with Gasteiger partial charge in [0.15, 0.2) is 5.13 Å². The topological polar surface area (TPSA) is 92.5 Å². The van der Waals surface area contributed by atoms with Crippen molar-refractivity contribution in [1.29, 1.82) is 0 Å². The first-order valence-corrected chi connectivity index (χ1v) is 10.2. The zero-order chi connectivity index (χ0) is 18.0. The van der Waals surface area contributed by atoms with Gasteiger partial charge in [-0.25, -0.2) is 13.4 Å². The second-order valence-electron chi connectivity index (χ2n) is 5.90. The number of thiazole rings is 1. The van der Waals surface area contributed by atoms with Gasteiger partial charge in [-0.1, -0.05) is 0 Å². The number of carbonyl (C=O) groups excluding carboxylic acids is 1. The van der Waals surface area contributed by atoms with Gasteiger partial charge in [-0.15, -0.1) is 11.3 Å². The maximum absolute atomic E-state index is 12.3. The van der Waals surface area contributed by atoms with Crippen molar-refractivity contribution in [3.8, 4) is 0 Å². The summed E-state index contributed by atoms with van der Waals surface area (Å²) in [6.07, 6.45) is 5.02. The van der Waals surface area contributed by atoms with Crippen molar-refractivity contribution in [1.82, 2.24) is 9.29 Å². The van der Waals surface area contributed by atoms with Gasteiger partial charge in [0.1, 0.15) is 5.76 Å².